The number of amides is 1. The SMILES string of the molecule is CCc1ccc2c(c1)[C@H](NC[C@@H](O)[C@H](Cc1cc(F)cc(F)c1)NC(=O)C(F)F)CCC2. The van der Waals surface area contributed by atoms with Crippen LogP contribution in [-0.2, 0) is 24.1 Å². The van der Waals surface area contributed by atoms with Crippen LogP contribution < -0.4 is 10.6 Å². The quantitative estimate of drug-likeness (QED) is 0.507. The van der Waals surface area contributed by atoms with Crippen molar-refractivity contribution in [1.29, 1.82) is 0 Å². The number of benzene rings is 2. The molecule has 0 bridgehead atoms. The molecule has 1 aliphatic rings. The number of aryl methyl sites for hydroxylation is 2. The largest absolute Gasteiger partial charge is 0.390 e. The molecular formula is C24H28F4N2O2. The highest BCUT2D eigenvalue weighted by Crippen LogP contribution is 2.30. The van der Waals surface area contributed by atoms with Crippen molar-refractivity contribution < 1.29 is 27.5 Å². The second-order valence-corrected chi connectivity index (χ2v) is 8.20. The van der Waals surface area contributed by atoms with Crippen molar-refractivity contribution in [3.63, 3.8) is 0 Å². The Balaban J connectivity index is 1.72. The maximum Gasteiger partial charge on any atom is 0.315 e. The maximum absolute atomic E-state index is 13.5. The number of halogens is 4. The summed E-state index contributed by atoms with van der Waals surface area (Å²) in [4.78, 5) is 11.6. The van der Waals surface area contributed by atoms with Gasteiger partial charge >= 0.3 is 6.43 Å². The van der Waals surface area contributed by atoms with Gasteiger partial charge in [0.2, 0.25) is 0 Å². The van der Waals surface area contributed by atoms with Crippen LogP contribution in [0.25, 0.3) is 0 Å². The van der Waals surface area contributed by atoms with Crippen LogP contribution in [0.5, 0.6) is 0 Å². The van der Waals surface area contributed by atoms with Crippen LogP contribution in [0.2, 0.25) is 0 Å². The first-order chi connectivity index (χ1) is 15.3. The number of carbonyl (C=O) groups is 1. The zero-order chi connectivity index (χ0) is 23.3. The highest BCUT2D eigenvalue weighted by atomic mass is 19.3. The van der Waals surface area contributed by atoms with E-state index in [0.29, 0.717) is 6.07 Å². The van der Waals surface area contributed by atoms with Crippen molar-refractivity contribution in [3.05, 3.63) is 70.3 Å². The molecule has 3 N–H and O–H groups in total. The van der Waals surface area contributed by atoms with Gasteiger partial charge in [0, 0.05) is 18.7 Å². The Bertz CT molecular complexity index is 918. The lowest BCUT2D eigenvalue weighted by atomic mass is 9.86. The number of hydrogen-bond acceptors (Lipinski definition) is 3. The summed E-state index contributed by atoms with van der Waals surface area (Å²) in [6.07, 6.45) is -1.01. The van der Waals surface area contributed by atoms with E-state index in [-0.39, 0.29) is 24.6 Å². The monoisotopic (exact) mass is 452 g/mol. The van der Waals surface area contributed by atoms with Gasteiger partial charge in [-0.05, 0) is 66.5 Å². The normalized spacial score (nSPS) is 17.7. The topological polar surface area (TPSA) is 61.4 Å². The molecule has 8 heteroatoms. The zero-order valence-electron chi connectivity index (χ0n) is 17.9. The Labute approximate surface area is 185 Å². The van der Waals surface area contributed by atoms with Gasteiger partial charge in [-0.15, -0.1) is 0 Å². The summed E-state index contributed by atoms with van der Waals surface area (Å²) in [5.41, 5.74) is 3.74. The van der Waals surface area contributed by atoms with Gasteiger partial charge in [-0.25, -0.2) is 8.78 Å². The zero-order valence-corrected chi connectivity index (χ0v) is 17.9. The number of aliphatic hydroxyl groups is 1. The predicted octanol–water partition coefficient (Wildman–Crippen LogP) is 3.85. The molecule has 2 aromatic rings. The Morgan fingerprint density at radius 3 is 2.50 bits per heavy atom. The van der Waals surface area contributed by atoms with Crippen molar-refractivity contribution in [3.8, 4) is 0 Å². The smallest absolute Gasteiger partial charge is 0.315 e. The summed E-state index contributed by atoms with van der Waals surface area (Å²) in [7, 11) is 0. The minimum absolute atomic E-state index is 0.0158. The van der Waals surface area contributed by atoms with E-state index in [2.05, 4.69) is 35.8 Å². The van der Waals surface area contributed by atoms with Crippen molar-refractivity contribution in [2.45, 2.75) is 63.6 Å². The molecule has 0 radical (unpaired) electrons. The molecular weight excluding hydrogens is 424 g/mol. The van der Waals surface area contributed by atoms with E-state index in [4.69, 9.17) is 0 Å². The Hall–Kier alpha value is -2.45. The first-order valence-corrected chi connectivity index (χ1v) is 10.8. The van der Waals surface area contributed by atoms with E-state index in [9.17, 15) is 27.5 Å². The lowest BCUT2D eigenvalue weighted by Gasteiger charge is -2.30. The average Bonchev–Trinajstić information content (AvgIpc) is 2.75. The third kappa shape index (κ3) is 6.29. The van der Waals surface area contributed by atoms with Crippen LogP contribution in [0.1, 0.15) is 48.1 Å². The van der Waals surface area contributed by atoms with Crippen LogP contribution in [0.4, 0.5) is 17.6 Å². The molecule has 3 atom stereocenters. The Kier molecular flexibility index (Phi) is 8.26. The summed E-state index contributed by atoms with van der Waals surface area (Å²) in [6, 6.07) is 7.99. The lowest BCUT2D eigenvalue weighted by molar-refractivity contribution is -0.133. The molecule has 1 aliphatic carbocycles. The summed E-state index contributed by atoms with van der Waals surface area (Å²) in [5, 5.41) is 16.1. The van der Waals surface area contributed by atoms with E-state index in [1.54, 1.807) is 0 Å². The Morgan fingerprint density at radius 2 is 1.84 bits per heavy atom. The first-order valence-electron chi connectivity index (χ1n) is 10.8. The molecule has 0 unspecified atom stereocenters. The summed E-state index contributed by atoms with van der Waals surface area (Å²) in [6.45, 7) is 2.09. The van der Waals surface area contributed by atoms with Crippen LogP contribution in [0.15, 0.2) is 36.4 Å². The molecule has 1 amide bonds. The molecule has 0 saturated carbocycles. The highest BCUT2D eigenvalue weighted by Gasteiger charge is 2.28. The van der Waals surface area contributed by atoms with E-state index >= 15 is 0 Å². The highest BCUT2D eigenvalue weighted by molar-refractivity contribution is 5.79. The molecule has 0 aromatic heterocycles. The second-order valence-electron chi connectivity index (χ2n) is 8.20. The van der Waals surface area contributed by atoms with E-state index < -0.39 is 36.1 Å². The number of nitrogens with one attached hydrogen (secondary N) is 2. The van der Waals surface area contributed by atoms with Crippen LogP contribution >= 0.6 is 0 Å². The molecule has 0 heterocycles. The number of fused-ring (bicyclic) bond motifs is 1. The van der Waals surface area contributed by atoms with Gasteiger partial charge in [0.15, 0.2) is 0 Å². The third-order valence-electron chi connectivity index (χ3n) is 5.87. The number of hydrogen-bond donors (Lipinski definition) is 3. The summed E-state index contributed by atoms with van der Waals surface area (Å²) in [5.74, 6) is -3.18. The molecule has 4 nitrogen and oxygen atoms in total. The van der Waals surface area contributed by atoms with Gasteiger partial charge in [0.1, 0.15) is 11.6 Å². The first kappa shape index (κ1) is 24.2. The standard InChI is InChI=1S/C24H28F4N2O2/c1-2-14-6-7-16-4-3-5-20(19(16)10-14)29-13-22(31)21(30-24(32)23(27)28)11-15-8-17(25)12-18(26)9-15/h6-10,12,20-23,29,31H,2-5,11,13H2,1H3,(H,30,32)/t20-,21+,22-/m1/s1. The molecule has 0 fully saturated rings. The maximum atomic E-state index is 13.5. The molecule has 32 heavy (non-hydrogen) atoms. The fourth-order valence-electron chi connectivity index (χ4n) is 4.20. The van der Waals surface area contributed by atoms with Gasteiger partial charge in [-0.3, -0.25) is 4.79 Å². The van der Waals surface area contributed by atoms with Gasteiger partial charge in [-0.1, -0.05) is 25.1 Å². The number of rotatable bonds is 9. The van der Waals surface area contributed by atoms with E-state index in [1.165, 1.54) is 11.1 Å². The predicted molar refractivity (Wildman–Crippen MR) is 114 cm³/mol. The molecule has 0 aliphatic heterocycles. The lowest BCUT2D eigenvalue weighted by Crippen LogP contribution is -2.50. The van der Waals surface area contributed by atoms with Crippen molar-refractivity contribution >= 4 is 5.91 Å². The number of aliphatic hydroxyl groups excluding tert-OH is 1. The third-order valence-corrected chi connectivity index (χ3v) is 5.87. The van der Waals surface area contributed by atoms with Crippen LogP contribution in [-0.4, -0.2) is 36.1 Å². The fraction of sp³-hybridized carbons (Fsp3) is 0.458. The van der Waals surface area contributed by atoms with E-state index in [0.717, 1.165) is 43.4 Å². The van der Waals surface area contributed by atoms with Crippen molar-refractivity contribution in [2.75, 3.05) is 6.54 Å². The second kappa shape index (κ2) is 10.9. The number of alkyl halides is 2. The van der Waals surface area contributed by atoms with Gasteiger partial charge in [-0.2, -0.15) is 8.78 Å². The average molecular weight is 452 g/mol. The minimum atomic E-state index is -3.26. The minimum Gasteiger partial charge on any atom is -0.390 e. The van der Waals surface area contributed by atoms with Gasteiger partial charge in [0.05, 0.1) is 12.1 Å². The molecule has 174 valence electrons. The van der Waals surface area contributed by atoms with Crippen molar-refractivity contribution in [1.82, 2.24) is 10.6 Å². The molecule has 0 spiro atoms. The van der Waals surface area contributed by atoms with Gasteiger partial charge < -0.3 is 15.7 Å². The Morgan fingerprint density at radius 1 is 1.12 bits per heavy atom. The summed E-state index contributed by atoms with van der Waals surface area (Å²) >= 11 is 0. The van der Waals surface area contributed by atoms with Crippen LogP contribution in [0, 0.1) is 11.6 Å². The van der Waals surface area contributed by atoms with Gasteiger partial charge in [0.25, 0.3) is 5.91 Å². The molecule has 0 saturated heterocycles. The van der Waals surface area contributed by atoms with E-state index in [1.807, 2.05) is 0 Å². The van der Waals surface area contributed by atoms with Crippen molar-refractivity contribution in [2.24, 2.45) is 0 Å². The fourth-order valence-corrected chi connectivity index (χ4v) is 4.20. The van der Waals surface area contributed by atoms with Crippen LogP contribution in [0.3, 0.4) is 0 Å². The number of carbonyl (C=O) groups excluding carboxylic acids is 1. The molecule has 3 rings (SSSR count). The summed E-state index contributed by atoms with van der Waals surface area (Å²) < 4.78 is 52.7. The molecule has 2 aromatic carbocycles.